The number of carbonyl (C=O) groups is 2. The molecule has 3 aliphatic rings. The largest absolute Gasteiger partial charge is 0.356 e. The summed E-state index contributed by atoms with van der Waals surface area (Å²) in [5, 5.41) is 5.16. The van der Waals surface area contributed by atoms with Gasteiger partial charge < -0.3 is 10.2 Å². The Kier molecular flexibility index (Phi) is 3.25. The molecule has 2 N–H and O–H groups in total. The van der Waals surface area contributed by atoms with Crippen molar-refractivity contribution in [3.8, 4) is 0 Å². The van der Waals surface area contributed by atoms with E-state index in [1.165, 1.54) is 11.3 Å². The predicted molar refractivity (Wildman–Crippen MR) is 84.1 cm³/mol. The highest BCUT2D eigenvalue weighted by Gasteiger charge is 2.48. The third-order valence-electron chi connectivity index (χ3n) is 5.54. The second-order valence-corrected chi connectivity index (χ2v) is 6.85. The summed E-state index contributed by atoms with van der Waals surface area (Å²) in [6.45, 7) is 3.54. The highest BCUT2D eigenvalue weighted by molar-refractivity contribution is 6.06. The highest BCUT2D eigenvalue weighted by Crippen LogP contribution is 2.34. The number of imide groups is 1. The molecule has 23 heavy (non-hydrogen) atoms. The Morgan fingerprint density at radius 3 is 2.70 bits per heavy atom. The molecule has 0 spiro atoms. The van der Waals surface area contributed by atoms with Crippen LogP contribution in [0.25, 0.3) is 0 Å². The van der Waals surface area contributed by atoms with Gasteiger partial charge in [-0.15, -0.1) is 0 Å². The fraction of sp³-hybridized carbons (Fsp3) is 0.625. The average Bonchev–Trinajstić information content (AvgIpc) is 3.12. The van der Waals surface area contributed by atoms with Crippen LogP contribution in [0.5, 0.6) is 0 Å². The van der Waals surface area contributed by atoms with E-state index in [0.29, 0.717) is 0 Å². The van der Waals surface area contributed by atoms with Gasteiger partial charge in [-0.25, -0.2) is 14.8 Å². The number of hydrogen-bond acceptors (Lipinski definition) is 5. The molecular formula is C16H21N5O2. The van der Waals surface area contributed by atoms with Crippen molar-refractivity contribution in [2.75, 3.05) is 18.0 Å². The van der Waals surface area contributed by atoms with E-state index in [2.05, 4.69) is 25.5 Å². The molecule has 0 unspecified atom stereocenters. The van der Waals surface area contributed by atoms with Gasteiger partial charge in [-0.1, -0.05) is 0 Å². The molecule has 122 valence electrons. The molecule has 2 aliphatic heterocycles. The molecule has 0 bridgehead atoms. The first-order valence-electron chi connectivity index (χ1n) is 8.29. The van der Waals surface area contributed by atoms with Gasteiger partial charge in [0, 0.05) is 24.3 Å². The number of amides is 3. The maximum atomic E-state index is 12.1. The van der Waals surface area contributed by atoms with Crippen molar-refractivity contribution < 1.29 is 9.59 Å². The van der Waals surface area contributed by atoms with Gasteiger partial charge in [-0.05, 0) is 44.9 Å². The average molecular weight is 315 g/mol. The first-order chi connectivity index (χ1) is 11.1. The van der Waals surface area contributed by atoms with Crippen LogP contribution in [-0.4, -0.2) is 40.5 Å². The van der Waals surface area contributed by atoms with Crippen LogP contribution in [0, 0.1) is 5.92 Å². The van der Waals surface area contributed by atoms with Crippen LogP contribution >= 0.6 is 0 Å². The molecule has 4 rings (SSSR count). The summed E-state index contributed by atoms with van der Waals surface area (Å²) in [5.41, 5.74) is 1.70. The Balaban J connectivity index is 1.49. The van der Waals surface area contributed by atoms with Crippen LogP contribution in [0.3, 0.4) is 0 Å². The predicted octanol–water partition coefficient (Wildman–Crippen LogP) is 0.780. The lowest BCUT2D eigenvalue weighted by molar-refractivity contribution is -0.125. The van der Waals surface area contributed by atoms with Crippen LogP contribution in [0.2, 0.25) is 0 Å². The maximum Gasteiger partial charge on any atom is 0.322 e. The minimum absolute atomic E-state index is 0.153. The van der Waals surface area contributed by atoms with E-state index in [1.54, 1.807) is 6.33 Å². The summed E-state index contributed by atoms with van der Waals surface area (Å²) >= 11 is 0. The van der Waals surface area contributed by atoms with Gasteiger partial charge in [-0.2, -0.15) is 0 Å². The van der Waals surface area contributed by atoms with Crippen LogP contribution < -0.4 is 15.5 Å². The lowest BCUT2D eigenvalue weighted by atomic mass is 9.79. The number of urea groups is 1. The highest BCUT2D eigenvalue weighted by atomic mass is 16.2. The molecule has 0 radical (unpaired) electrons. The summed E-state index contributed by atoms with van der Waals surface area (Å²) in [4.78, 5) is 34.7. The normalized spacial score (nSPS) is 27.8. The topological polar surface area (TPSA) is 87.2 Å². The Bertz CT molecular complexity index is 668. The van der Waals surface area contributed by atoms with E-state index < -0.39 is 5.54 Å². The van der Waals surface area contributed by atoms with Gasteiger partial charge in [0.25, 0.3) is 5.91 Å². The van der Waals surface area contributed by atoms with Crippen LogP contribution in [0.1, 0.15) is 37.4 Å². The third-order valence-corrected chi connectivity index (χ3v) is 5.54. The van der Waals surface area contributed by atoms with E-state index in [-0.39, 0.29) is 17.9 Å². The lowest BCUT2D eigenvalue weighted by Crippen LogP contribution is -2.54. The second-order valence-electron chi connectivity index (χ2n) is 6.85. The molecular weight excluding hydrogens is 294 g/mol. The number of fused-ring (bicyclic) bond motifs is 1. The minimum atomic E-state index is -0.781. The molecule has 7 nitrogen and oxygen atoms in total. The molecule has 3 heterocycles. The number of anilines is 1. The lowest BCUT2D eigenvalue weighted by Gasteiger charge is -2.39. The van der Waals surface area contributed by atoms with Gasteiger partial charge in [-0.3, -0.25) is 10.1 Å². The summed E-state index contributed by atoms with van der Waals surface area (Å²) in [7, 11) is 0. The third kappa shape index (κ3) is 2.26. The fourth-order valence-corrected chi connectivity index (χ4v) is 4.13. The number of nitrogens with one attached hydrogen (secondary N) is 2. The van der Waals surface area contributed by atoms with Gasteiger partial charge >= 0.3 is 6.03 Å². The Labute approximate surface area is 134 Å². The van der Waals surface area contributed by atoms with Crippen molar-refractivity contribution in [2.45, 2.75) is 44.6 Å². The zero-order valence-electron chi connectivity index (χ0n) is 13.3. The molecule has 1 aliphatic carbocycles. The van der Waals surface area contributed by atoms with Crippen molar-refractivity contribution in [1.29, 1.82) is 0 Å². The summed E-state index contributed by atoms with van der Waals surface area (Å²) in [6, 6.07) is -0.381. The van der Waals surface area contributed by atoms with Gasteiger partial charge in [0.2, 0.25) is 0 Å². The summed E-state index contributed by atoms with van der Waals surface area (Å²) < 4.78 is 0. The molecule has 7 heteroatoms. The molecule has 0 saturated carbocycles. The number of hydrogen-bond donors (Lipinski definition) is 2. The quantitative estimate of drug-likeness (QED) is 0.788. The van der Waals surface area contributed by atoms with Crippen LogP contribution in [0.15, 0.2) is 6.33 Å². The SMILES string of the molecule is C[C@@]1(C2CCN(c3ncnc4c3CCC4)CC2)NC(=O)NC1=O. The zero-order chi connectivity index (χ0) is 16.0. The zero-order valence-corrected chi connectivity index (χ0v) is 13.3. The number of piperidine rings is 1. The van der Waals surface area contributed by atoms with E-state index in [0.717, 1.165) is 51.0 Å². The van der Waals surface area contributed by atoms with Gasteiger partial charge in [0.1, 0.15) is 17.7 Å². The maximum absolute atomic E-state index is 12.1. The number of carbonyl (C=O) groups excluding carboxylic acids is 2. The van der Waals surface area contributed by atoms with Crippen LogP contribution in [0.4, 0.5) is 10.6 Å². The molecule has 0 aromatic carbocycles. The van der Waals surface area contributed by atoms with Crippen molar-refractivity contribution in [2.24, 2.45) is 5.92 Å². The van der Waals surface area contributed by atoms with Gasteiger partial charge in [0.05, 0.1) is 0 Å². The van der Waals surface area contributed by atoms with Crippen molar-refractivity contribution in [1.82, 2.24) is 20.6 Å². The van der Waals surface area contributed by atoms with Crippen molar-refractivity contribution in [3.63, 3.8) is 0 Å². The molecule has 1 atom stereocenters. The minimum Gasteiger partial charge on any atom is -0.356 e. The van der Waals surface area contributed by atoms with E-state index in [9.17, 15) is 9.59 Å². The second kappa shape index (κ2) is 5.18. The van der Waals surface area contributed by atoms with E-state index in [4.69, 9.17) is 0 Å². The molecule has 2 saturated heterocycles. The molecule has 1 aromatic rings. The van der Waals surface area contributed by atoms with Gasteiger partial charge in [0.15, 0.2) is 0 Å². The number of nitrogens with zero attached hydrogens (tertiary/aromatic N) is 3. The summed E-state index contributed by atoms with van der Waals surface area (Å²) in [5.74, 6) is 1.01. The number of aromatic nitrogens is 2. The van der Waals surface area contributed by atoms with E-state index >= 15 is 0 Å². The first-order valence-corrected chi connectivity index (χ1v) is 8.29. The molecule has 2 fully saturated rings. The van der Waals surface area contributed by atoms with E-state index in [1.807, 2.05) is 6.92 Å². The fourth-order valence-electron chi connectivity index (χ4n) is 4.13. The Morgan fingerprint density at radius 2 is 2.00 bits per heavy atom. The first kappa shape index (κ1) is 14.4. The Morgan fingerprint density at radius 1 is 1.22 bits per heavy atom. The smallest absolute Gasteiger partial charge is 0.322 e. The van der Waals surface area contributed by atoms with Crippen molar-refractivity contribution >= 4 is 17.8 Å². The molecule has 3 amide bonds. The number of rotatable bonds is 2. The summed E-state index contributed by atoms with van der Waals surface area (Å²) in [6.07, 6.45) is 6.65. The number of aryl methyl sites for hydroxylation is 1. The van der Waals surface area contributed by atoms with Crippen molar-refractivity contribution in [3.05, 3.63) is 17.6 Å². The Hall–Kier alpha value is -2.18. The molecule has 1 aromatic heterocycles. The van der Waals surface area contributed by atoms with Crippen LogP contribution in [-0.2, 0) is 17.6 Å². The monoisotopic (exact) mass is 315 g/mol. The standard InChI is InChI=1S/C16H21N5O2/c1-16(14(22)19-15(23)20-16)10-5-7-21(8-6-10)13-11-3-2-4-12(11)17-9-18-13/h9-10H,2-8H2,1H3,(H2,19,20,22,23)/t16-/m0/s1.